The summed E-state index contributed by atoms with van der Waals surface area (Å²) >= 11 is 0. The first-order valence-corrected chi connectivity index (χ1v) is 7.92. The van der Waals surface area contributed by atoms with Crippen molar-refractivity contribution in [2.24, 2.45) is 29.1 Å². The average Bonchev–Trinajstić information content (AvgIpc) is 2.11. The molecule has 2 fully saturated rings. The molecule has 106 valence electrons. The molecule has 0 aromatic heterocycles. The summed E-state index contributed by atoms with van der Waals surface area (Å²) in [5, 5.41) is 11.2. The molecule has 0 amide bonds. The van der Waals surface area contributed by atoms with Crippen LogP contribution >= 0.6 is 0 Å². The highest BCUT2D eigenvalue weighted by molar-refractivity contribution is 4.99. The van der Waals surface area contributed by atoms with Crippen LogP contribution in [0.25, 0.3) is 0 Å². The van der Waals surface area contributed by atoms with E-state index >= 15 is 0 Å². The second kappa shape index (κ2) is 4.81. The predicted octanol–water partition coefficient (Wildman–Crippen LogP) is 4.64. The summed E-state index contributed by atoms with van der Waals surface area (Å²) in [4.78, 5) is 0. The van der Waals surface area contributed by atoms with Crippen molar-refractivity contribution in [1.82, 2.24) is 0 Å². The molecule has 1 heteroatoms. The van der Waals surface area contributed by atoms with Gasteiger partial charge in [0, 0.05) is 0 Å². The van der Waals surface area contributed by atoms with Crippen LogP contribution in [-0.2, 0) is 0 Å². The highest BCUT2D eigenvalue weighted by Gasteiger charge is 2.47. The van der Waals surface area contributed by atoms with Gasteiger partial charge in [-0.1, -0.05) is 34.6 Å². The maximum atomic E-state index is 11.2. The van der Waals surface area contributed by atoms with Crippen molar-refractivity contribution < 1.29 is 5.11 Å². The average molecular weight is 252 g/mol. The third-order valence-electron chi connectivity index (χ3n) is 5.33. The van der Waals surface area contributed by atoms with Crippen LogP contribution in [0.3, 0.4) is 0 Å². The van der Waals surface area contributed by atoms with E-state index in [0.29, 0.717) is 17.3 Å². The smallest absolute Gasteiger partial charge is 0.0683 e. The van der Waals surface area contributed by atoms with E-state index in [9.17, 15) is 5.11 Å². The first-order valence-electron chi connectivity index (χ1n) is 7.92. The van der Waals surface area contributed by atoms with E-state index in [0.717, 1.165) is 24.7 Å². The molecule has 2 rings (SSSR count). The molecule has 0 saturated heterocycles. The highest BCUT2D eigenvalue weighted by Crippen LogP contribution is 2.51. The summed E-state index contributed by atoms with van der Waals surface area (Å²) in [5.41, 5.74) is -0.0690. The lowest BCUT2D eigenvalue weighted by atomic mass is 9.58. The Hall–Kier alpha value is -0.0400. The van der Waals surface area contributed by atoms with Gasteiger partial charge < -0.3 is 5.11 Å². The summed E-state index contributed by atoms with van der Waals surface area (Å²) in [6.07, 6.45) is 7.14. The van der Waals surface area contributed by atoms with Gasteiger partial charge in [0.2, 0.25) is 0 Å². The Kier molecular flexibility index (Phi) is 3.84. The molecule has 0 bridgehead atoms. The van der Waals surface area contributed by atoms with Gasteiger partial charge >= 0.3 is 0 Å². The van der Waals surface area contributed by atoms with Crippen molar-refractivity contribution in [3.63, 3.8) is 0 Å². The van der Waals surface area contributed by atoms with Crippen LogP contribution in [0.4, 0.5) is 0 Å². The SMILES string of the molecule is CC1CC(C)CC(C2(O)CC(C)CC(C)(C)C2)C1. The number of hydrogen-bond acceptors (Lipinski definition) is 1. The van der Waals surface area contributed by atoms with Gasteiger partial charge in [0.25, 0.3) is 0 Å². The van der Waals surface area contributed by atoms with E-state index in [-0.39, 0.29) is 5.60 Å². The maximum Gasteiger partial charge on any atom is 0.0683 e. The second-order valence-corrected chi connectivity index (χ2v) is 8.57. The molecule has 0 heterocycles. The second-order valence-electron chi connectivity index (χ2n) is 8.57. The molecular formula is C17H32O. The number of rotatable bonds is 1. The zero-order chi connectivity index (χ0) is 13.6. The largest absolute Gasteiger partial charge is 0.390 e. The van der Waals surface area contributed by atoms with E-state index in [1.165, 1.54) is 25.7 Å². The summed E-state index contributed by atoms with van der Waals surface area (Å²) < 4.78 is 0. The molecule has 2 aliphatic rings. The monoisotopic (exact) mass is 252 g/mol. The van der Waals surface area contributed by atoms with Crippen LogP contribution < -0.4 is 0 Å². The van der Waals surface area contributed by atoms with Crippen LogP contribution in [0, 0.1) is 29.1 Å². The first-order chi connectivity index (χ1) is 8.20. The van der Waals surface area contributed by atoms with Gasteiger partial charge in [-0.05, 0) is 67.6 Å². The van der Waals surface area contributed by atoms with E-state index in [4.69, 9.17) is 0 Å². The van der Waals surface area contributed by atoms with Gasteiger partial charge in [-0.25, -0.2) is 0 Å². The molecule has 0 aromatic rings. The lowest BCUT2D eigenvalue weighted by Crippen LogP contribution is -2.49. The van der Waals surface area contributed by atoms with Crippen molar-refractivity contribution in [3.8, 4) is 0 Å². The molecule has 4 unspecified atom stereocenters. The summed E-state index contributed by atoms with van der Waals surface area (Å²) in [6.45, 7) is 11.7. The van der Waals surface area contributed by atoms with Crippen molar-refractivity contribution in [2.75, 3.05) is 0 Å². The molecule has 0 radical (unpaired) electrons. The van der Waals surface area contributed by atoms with E-state index in [2.05, 4.69) is 34.6 Å². The van der Waals surface area contributed by atoms with Crippen LogP contribution in [-0.4, -0.2) is 10.7 Å². The number of hydrogen-bond donors (Lipinski definition) is 1. The first kappa shape index (κ1) is 14.4. The van der Waals surface area contributed by atoms with E-state index in [1.54, 1.807) is 0 Å². The zero-order valence-corrected chi connectivity index (χ0v) is 13.0. The van der Waals surface area contributed by atoms with Gasteiger partial charge in [0.1, 0.15) is 0 Å². The lowest BCUT2D eigenvalue weighted by molar-refractivity contribution is -0.116. The standard InChI is InChI=1S/C17H32O/c1-12-6-13(2)8-15(7-12)17(18)10-14(3)9-16(4,5)11-17/h12-15,18H,6-11H2,1-5H3. The zero-order valence-electron chi connectivity index (χ0n) is 13.0. The fraction of sp³-hybridized carbons (Fsp3) is 1.00. The molecule has 0 aromatic carbocycles. The molecule has 2 saturated carbocycles. The normalized spacial score (nSPS) is 49.0. The summed E-state index contributed by atoms with van der Waals surface area (Å²) in [6, 6.07) is 0. The molecule has 1 nitrogen and oxygen atoms in total. The van der Waals surface area contributed by atoms with Gasteiger partial charge in [-0.3, -0.25) is 0 Å². The summed E-state index contributed by atoms with van der Waals surface area (Å²) in [7, 11) is 0. The Labute approximate surface area is 113 Å². The van der Waals surface area contributed by atoms with Crippen LogP contribution in [0.1, 0.15) is 73.1 Å². The van der Waals surface area contributed by atoms with Crippen LogP contribution in [0.5, 0.6) is 0 Å². The van der Waals surface area contributed by atoms with Gasteiger partial charge in [0.15, 0.2) is 0 Å². The topological polar surface area (TPSA) is 20.2 Å². The Morgan fingerprint density at radius 2 is 1.39 bits per heavy atom. The Morgan fingerprint density at radius 1 is 0.833 bits per heavy atom. The fourth-order valence-electron chi connectivity index (χ4n) is 5.29. The van der Waals surface area contributed by atoms with Crippen molar-refractivity contribution >= 4 is 0 Å². The minimum Gasteiger partial charge on any atom is -0.390 e. The predicted molar refractivity (Wildman–Crippen MR) is 77.4 cm³/mol. The van der Waals surface area contributed by atoms with Crippen LogP contribution in [0.2, 0.25) is 0 Å². The van der Waals surface area contributed by atoms with Gasteiger partial charge in [-0.15, -0.1) is 0 Å². The van der Waals surface area contributed by atoms with E-state index < -0.39 is 0 Å². The molecule has 1 N–H and O–H groups in total. The third kappa shape index (κ3) is 3.10. The molecular weight excluding hydrogens is 220 g/mol. The van der Waals surface area contributed by atoms with Gasteiger partial charge in [-0.2, -0.15) is 0 Å². The molecule has 4 atom stereocenters. The molecule has 2 aliphatic carbocycles. The highest BCUT2D eigenvalue weighted by atomic mass is 16.3. The molecule has 0 spiro atoms. The fourth-order valence-corrected chi connectivity index (χ4v) is 5.29. The Bertz CT molecular complexity index is 286. The minimum absolute atomic E-state index is 0.316. The lowest BCUT2D eigenvalue weighted by Gasteiger charge is -2.51. The summed E-state index contributed by atoms with van der Waals surface area (Å²) in [5.74, 6) is 2.80. The maximum absolute atomic E-state index is 11.2. The minimum atomic E-state index is -0.385. The third-order valence-corrected chi connectivity index (χ3v) is 5.33. The Balaban J connectivity index is 2.14. The van der Waals surface area contributed by atoms with E-state index in [1.807, 2.05) is 0 Å². The number of aliphatic hydroxyl groups is 1. The molecule has 18 heavy (non-hydrogen) atoms. The van der Waals surface area contributed by atoms with Crippen molar-refractivity contribution in [1.29, 1.82) is 0 Å². The van der Waals surface area contributed by atoms with Gasteiger partial charge in [0.05, 0.1) is 5.60 Å². The Morgan fingerprint density at radius 3 is 1.89 bits per heavy atom. The quantitative estimate of drug-likeness (QED) is 0.721. The molecule has 0 aliphatic heterocycles. The van der Waals surface area contributed by atoms with Crippen LogP contribution in [0.15, 0.2) is 0 Å². The van der Waals surface area contributed by atoms with Crippen molar-refractivity contribution in [3.05, 3.63) is 0 Å². The van der Waals surface area contributed by atoms with Crippen molar-refractivity contribution in [2.45, 2.75) is 78.7 Å².